The summed E-state index contributed by atoms with van der Waals surface area (Å²) >= 11 is 0. The highest BCUT2D eigenvalue weighted by Gasteiger charge is 2.38. The van der Waals surface area contributed by atoms with Gasteiger partial charge in [-0.25, -0.2) is 19.6 Å². The number of fused-ring (bicyclic) bond motifs is 1. The topological polar surface area (TPSA) is 172 Å². The zero-order valence-electron chi connectivity index (χ0n) is 18.0. The van der Waals surface area contributed by atoms with Crippen LogP contribution in [0.5, 0.6) is 5.75 Å². The summed E-state index contributed by atoms with van der Waals surface area (Å²) in [5.41, 5.74) is 6.98. The van der Waals surface area contributed by atoms with Gasteiger partial charge in [-0.3, -0.25) is 5.41 Å². The predicted molar refractivity (Wildman–Crippen MR) is 114 cm³/mol. The lowest BCUT2D eigenvalue weighted by Crippen LogP contribution is -2.21. The van der Waals surface area contributed by atoms with E-state index in [1.165, 1.54) is 0 Å². The number of halogens is 6. The number of nitrogens with one attached hydrogen (secondary N) is 2. The minimum atomic E-state index is -5.08. The number of carboxylic acids is 2. The quantitative estimate of drug-likeness (QED) is 0.194. The number of nitrogens with two attached hydrogens (primary N) is 1. The lowest BCUT2D eigenvalue weighted by Gasteiger charge is -2.14. The van der Waals surface area contributed by atoms with Gasteiger partial charge in [0.2, 0.25) is 5.95 Å². The van der Waals surface area contributed by atoms with E-state index in [4.69, 9.17) is 35.7 Å². The lowest BCUT2D eigenvalue weighted by atomic mass is 10.0. The Kier molecular flexibility index (Phi) is 9.95. The zero-order chi connectivity index (χ0) is 27.7. The van der Waals surface area contributed by atoms with Crippen LogP contribution in [0.1, 0.15) is 5.56 Å². The molecular weight excluding hydrogens is 504 g/mol. The molecule has 2 aromatic carbocycles. The van der Waals surface area contributed by atoms with Gasteiger partial charge in [0.25, 0.3) is 0 Å². The molecule has 0 atom stereocenters. The Morgan fingerprint density at radius 1 is 0.972 bits per heavy atom. The van der Waals surface area contributed by atoms with Crippen LogP contribution in [0.4, 0.5) is 38.0 Å². The van der Waals surface area contributed by atoms with Crippen LogP contribution >= 0.6 is 0 Å². The molecule has 1 aromatic heterocycles. The van der Waals surface area contributed by atoms with Gasteiger partial charge in [-0.1, -0.05) is 18.2 Å². The lowest BCUT2D eigenvalue weighted by molar-refractivity contribution is -0.193. The Balaban J connectivity index is 0.000000383. The van der Waals surface area contributed by atoms with Crippen molar-refractivity contribution < 1.29 is 50.9 Å². The van der Waals surface area contributed by atoms with Crippen LogP contribution < -0.4 is 15.8 Å². The van der Waals surface area contributed by atoms with Crippen LogP contribution in [0.2, 0.25) is 0 Å². The number of methoxy groups -OCH3 is 1. The molecular formula is C20H17F6N5O5. The van der Waals surface area contributed by atoms with E-state index in [9.17, 15) is 26.3 Å². The van der Waals surface area contributed by atoms with E-state index < -0.39 is 24.3 Å². The van der Waals surface area contributed by atoms with Crippen LogP contribution in [0.3, 0.4) is 0 Å². The number of amidine groups is 1. The molecule has 0 aliphatic rings. The average molecular weight is 521 g/mol. The van der Waals surface area contributed by atoms with Gasteiger partial charge in [0.15, 0.2) is 0 Å². The molecule has 0 unspecified atom stereocenters. The maximum Gasteiger partial charge on any atom is 0.490 e. The number of aromatic nitrogens is 2. The summed E-state index contributed by atoms with van der Waals surface area (Å²) in [4.78, 5) is 26.1. The number of nitrogens with zero attached hydrogens (tertiary/aromatic N) is 2. The monoisotopic (exact) mass is 521 g/mol. The molecule has 0 radical (unpaired) electrons. The normalized spacial score (nSPS) is 10.8. The SMILES string of the molecule is COc1ccc2ccc(C(=N)N)cc2c1Nc1ncccn1.O=C(O)C(F)(F)F.O=C(O)C(F)(F)F. The number of hydrogen-bond acceptors (Lipinski definition) is 7. The van der Waals surface area contributed by atoms with E-state index in [-0.39, 0.29) is 5.84 Å². The molecule has 194 valence electrons. The van der Waals surface area contributed by atoms with Gasteiger partial charge in [0.05, 0.1) is 12.8 Å². The Hall–Kier alpha value is -4.63. The van der Waals surface area contributed by atoms with Crippen molar-refractivity contribution in [3.8, 4) is 5.75 Å². The van der Waals surface area contributed by atoms with Crippen molar-refractivity contribution in [3.05, 3.63) is 54.4 Å². The number of ether oxygens (including phenoxy) is 1. The molecule has 3 rings (SSSR count). The summed E-state index contributed by atoms with van der Waals surface area (Å²) in [5.74, 6) is -4.35. The third-order valence-corrected chi connectivity index (χ3v) is 3.80. The molecule has 3 aromatic rings. The highest BCUT2D eigenvalue weighted by Crippen LogP contribution is 2.35. The fourth-order valence-corrected chi connectivity index (χ4v) is 2.24. The molecule has 0 amide bonds. The first-order valence-electron chi connectivity index (χ1n) is 9.17. The molecule has 0 aliphatic carbocycles. The van der Waals surface area contributed by atoms with E-state index in [2.05, 4.69) is 15.3 Å². The number of benzene rings is 2. The molecule has 0 fully saturated rings. The molecule has 0 bridgehead atoms. The molecule has 16 heteroatoms. The van der Waals surface area contributed by atoms with Crippen molar-refractivity contribution in [2.75, 3.05) is 12.4 Å². The summed E-state index contributed by atoms with van der Waals surface area (Å²) in [6.07, 6.45) is -6.85. The fraction of sp³-hybridized carbons (Fsp3) is 0.150. The second-order valence-electron chi connectivity index (χ2n) is 6.30. The van der Waals surface area contributed by atoms with Gasteiger partial charge in [-0.05, 0) is 23.6 Å². The van der Waals surface area contributed by atoms with Crippen molar-refractivity contribution in [2.45, 2.75) is 12.4 Å². The largest absolute Gasteiger partial charge is 0.495 e. The molecule has 0 saturated carbocycles. The summed E-state index contributed by atoms with van der Waals surface area (Å²) in [6.45, 7) is 0. The number of aliphatic carboxylic acids is 2. The number of anilines is 2. The van der Waals surface area contributed by atoms with Gasteiger partial charge in [-0.2, -0.15) is 26.3 Å². The van der Waals surface area contributed by atoms with Crippen molar-refractivity contribution in [2.24, 2.45) is 5.73 Å². The predicted octanol–water partition coefficient (Wildman–Crippen LogP) is 3.93. The second kappa shape index (κ2) is 12.2. The van der Waals surface area contributed by atoms with Crippen LogP contribution in [-0.2, 0) is 9.59 Å². The van der Waals surface area contributed by atoms with Gasteiger partial charge in [0, 0.05) is 23.3 Å². The minimum absolute atomic E-state index is 0.0200. The average Bonchev–Trinajstić information content (AvgIpc) is 2.79. The number of rotatable bonds is 4. The molecule has 1 heterocycles. The van der Waals surface area contributed by atoms with E-state index in [1.54, 1.807) is 25.6 Å². The van der Waals surface area contributed by atoms with Crippen LogP contribution in [0.25, 0.3) is 10.8 Å². The number of carbonyl (C=O) groups is 2. The Bertz CT molecular complexity index is 1200. The Morgan fingerprint density at radius 2 is 1.44 bits per heavy atom. The number of alkyl halides is 6. The van der Waals surface area contributed by atoms with E-state index in [0.29, 0.717) is 17.3 Å². The minimum Gasteiger partial charge on any atom is -0.495 e. The second-order valence-corrected chi connectivity index (χ2v) is 6.30. The van der Waals surface area contributed by atoms with Gasteiger partial charge >= 0.3 is 24.3 Å². The van der Waals surface area contributed by atoms with Gasteiger partial charge in [0.1, 0.15) is 11.6 Å². The smallest absolute Gasteiger partial charge is 0.490 e. The van der Waals surface area contributed by atoms with Crippen LogP contribution in [0.15, 0.2) is 48.8 Å². The van der Waals surface area contributed by atoms with Crippen molar-refractivity contribution in [1.29, 1.82) is 5.41 Å². The zero-order valence-corrected chi connectivity index (χ0v) is 18.0. The Labute approximate surface area is 197 Å². The first-order valence-corrected chi connectivity index (χ1v) is 9.17. The number of carboxylic acid groups (broad SMARTS) is 2. The van der Waals surface area contributed by atoms with Crippen LogP contribution in [-0.4, -0.2) is 57.4 Å². The molecule has 0 saturated heterocycles. The van der Waals surface area contributed by atoms with Crippen molar-refractivity contribution >= 4 is 40.2 Å². The summed E-state index contributed by atoms with van der Waals surface area (Å²) < 4.78 is 68.9. The van der Waals surface area contributed by atoms with Gasteiger partial charge < -0.3 is 26.0 Å². The third kappa shape index (κ3) is 8.96. The van der Waals surface area contributed by atoms with Crippen molar-refractivity contribution in [3.63, 3.8) is 0 Å². The molecule has 6 N–H and O–H groups in total. The highest BCUT2D eigenvalue weighted by atomic mass is 19.4. The molecule has 0 spiro atoms. The number of nitrogen functional groups attached to an aromatic ring is 1. The maximum atomic E-state index is 10.6. The van der Waals surface area contributed by atoms with E-state index in [0.717, 1.165) is 16.5 Å². The van der Waals surface area contributed by atoms with Crippen LogP contribution in [0, 0.1) is 5.41 Å². The fourth-order valence-electron chi connectivity index (χ4n) is 2.24. The number of hydrogen-bond donors (Lipinski definition) is 5. The first-order chi connectivity index (χ1) is 16.6. The highest BCUT2D eigenvalue weighted by molar-refractivity contribution is 6.04. The molecule has 36 heavy (non-hydrogen) atoms. The molecule has 10 nitrogen and oxygen atoms in total. The Morgan fingerprint density at radius 3 is 1.86 bits per heavy atom. The molecule has 0 aliphatic heterocycles. The van der Waals surface area contributed by atoms with Crippen molar-refractivity contribution in [1.82, 2.24) is 9.97 Å². The third-order valence-electron chi connectivity index (χ3n) is 3.80. The summed E-state index contributed by atoms with van der Waals surface area (Å²) in [6, 6.07) is 11.2. The first kappa shape index (κ1) is 29.4. The summed E-state index contributed by atoms with van der Waals surface area (Å²) in [5, 5.41) is 26.9. The summed E-state index contributed by atoms with van der Waals surface area (Å²) in [7, 11) is 1.60. The standard InChI is InChI=1S/C16H15N5O.2C2HF3O2/c1-22-13-6-5-10-3-4-11(15(17)18)9-12(10)14(13)21-16-19-7-2-8-20-16;2*3-2(4,5)1(6)7/h2-9H,1H3,(H3,17,18)(H,19,20,21);2*(H,6,7). The van der Waals surface area contributed by atoms with Gasteiger partial charge in [-0.15, -0.1) is 0 Å². The maximum absolute atomic E-state index is 10.6. The van der Waals surface area contributed by atoms with E-state index >= 15 is 0 Å². The van der Waals surface area contributed by atoms with E-state index in [1.807, 2.05) is 30.3 Å².